The summed E-state index contributed by atoms with van der Waals surface area (Å²) in [5.74, 6) is -0.793. The maximum Gasteiger partial charge on any atom is 0.301 e. The number of benzene rings is 3. The van der Waals surface area contributed by atoms with Crippen molar-refractivity contribution in [1.82, 2.24) is 10.2 Å². The van der Waals surface area contributed by atoms with Gasteiger partial charge in [0.2, 0.25) is 10.9 Å². The van der Waals surface area contributed by atoms with Gasteiger partial charge in [-0.15, -0.1) is 10.2 Å². The standard InChI is InChI=1S/C29H22Cl3N3O6S2/c1-39-20-10-16(11-21(40-2)26(20)41-3)23-22(24(36)14-4-7-17(30)8-5-14)25(37)27(38)35(23)28-33-34-29(43-28)42-13-15-6-9-18(31)12-19(15)32/h4-12,23,36H,13H2,1-3H3/b24-22-. The van der Waals surface area contributed by atoms with Gasteiger partial charge in [-0.25, -0.2) is 0 Å². The minimum Gasteiger partial charge on any atom is -0.507 e. The van der Waals surface area contributed by atoms with E-state index in [-0.39, 0.29) is 16.5 Å². The molecule has 0 bridgehead atoms. The molecule has 1 fully saturated rings. The molecular formula is C29H22Cl3N3O6S2. The number of aliphatic hydroxyl groups excluding tert-OH is 1. The minimum atomic E-state index is -1.11. The molecule has 3 aromatic carbocycles. The van der Waals surface area contributed by atoms with Crippen molar-refractivity contribution in [3.8, 4) is 17.2 Å². The number of ketones is 1. The predicted molar refractivity (Wildman–Crippen MR) is 168 cm³/mol. The molecule has 4 aromatic rings. The van der Waals surface area contributed by atoms with Crippen LogP contribution in [0.5, 0.6) is 17.2 Å². The molecule has 0 radical (unpaired) electrons. The minimum absolute atomic E-state index is 0.153. The molecule has 5 rings (SSSR count). The molecule has 43 heavy (non-hydrogen) atoms. The Labute approximate surface area is 269 Å². The lowest BCUT2D eigenvalue weighted by molar-refractivity contribution is -0.132. The second-order valence-corrected chi connectivity index (χ2v) is 12.5. The Kier molecular flexibility index (Phi) is 9.38. The van der Waals surface area contributed by atoms with Gasteiger partial charge in [0.05, 0.1) is 32.9 Å². The van der Waals surface area contributed by atoms with Crippen molar-refractivity contribution in [3.05, 3.63) is 91.9 Å². The van der Waals surface area contributed by atoms with Crippen LogP contribution in [0.1, 0.15) is 22.7 Å². The first kappa shape index (κ1) is 31.0. The number of carbonyl (C=O) groups is 2. The Hall–Kier alpha value is -3.48. The van der Waals surface area contributed by atoms with Gasteiger partial charge in [0.1, 0.15) is 5.76 Å². The zero-order chi connectivity index (χ0) is 30.8. The highest BCUT2D eigenvalue weighted by Gasteiger charge is 2.49. The third-order valence-corrected chi connectivity index (χ3v) is 9.48. The number of anilines is 1. The second-order valence-electron chi connectivity index (χ2n) is 9.01. The van der Waals surface area contributed by atoms with Gasteiger partial charge in [0.25, 0.3) is 5.78 Å². The Morgan fingerprint density at radius 2 is 1.58 bits per heavy atom. The summed E-state index contributed by atoms with van der Waals surface area (Å²) in [5.41, 5.74) is 1.39. The fourth-order valence-electron chi connectivity index (χ4n) is 4.50. The number of Topliss-reactive ketones (excluding diaryl/α,β-unsaturated/α-hetero) is 1. The molecule has 14 heteroatoms. The molecule has 1 saturated heterocycles. The summed E-state index contributed by atoms with van der Waals surface area (Å²) in [6.45, 7) is 0. The number of nitrogens with zero attached hydrogens (tertiary/aromatic N) is 3. The normalized spacial score (nSPS) is 16.0. The first-order valence-corrected chi connectivity index (χ1v) is 15.4. The van der Waals surface area contributed by atoms with Gasteiger partial charge < -0.3 is 19.3 Å². The Morgan fingerprint density at radius 1 is 0.930 bits per heavy atom. The van der Waals surface area contributed by atoms with E-state index >= 15 is 0 Å². The lowest BCUT2D eigenvalue weighted by atomic mass is 9.95. The van der Waals surface area contributed by atoms with Crippen molar-refractivity contribution >= 4 is 80.5 Å². The molecule has 1 amide bonds. The zero-order valence-corrected chi connectivity index (χ0v) is 26.7. The van der Waals surface area contributed by atoms with Gasteiger partial charge in [0.15, 0.2) is 15.8 Å². The largest absolute Gasteiger partial charge is 0.507 e. The Balaban J connectivity index is 1.61. The topological polar surface area (TPSA) is 111 Å². The zero-order valence-electron chi connectivity index (χ0n) is 22.8. The van der Waals surface area contributed by atoms with Crippen LogP contribution in [0.3, 0.4) is 0 Å². The fourth-order valence-corrected chi connectivity index (χ4v) is 7.06. The highest BCUT2D eigenvalue weighted by molar-refractivity contribution is 8.00. The number of carbonyl (C=O) groups excluding carboxylic acids is 2. The third kappa shape index (κ3) is 6.13. The van der Waals surface area contributed by atoms with Crippen molar-refractivity contribution in [3.63, 3.8) is 0 Å². The molecule has 9 nitrogen and oxygen atoms in total. The lowest BCUT2D eigenvalue weighted by Crippen LogP contribution is -2.29. The van der Waals surface area contributed by atoms with E-state index in [1.165, 1.54) is 38.0 Å². The predicted octanol–water partition coefficient (Wildman–Crippen LogP) is 7.44. The van der Waals surface area contributed by atoms with Crippen LogP contribution in [0.4, 0.5) is 5.13 Å². The summed E-state index contributed by atoms with van der Waals surface area (Å²) in [6.07, 6.45) is 0. The summed E-state index contributed by atoms with van der Waals surface area (Å²) in [4.78, 5) is 28.4. The summed E-state index contributed by atoms with van der Waals surface area (Å²) < 4.78 is 17.0. The van der Waals surface area contributed by atoms with Gasteiger partial charge in [0, 0.05) is 26.4 Å². The first-order valence-electron chi connectivity index (χ1n) is 12.4. The van der Waals surface area contributed by atoms with Crippen LogP contribution < -0.4 is 19.1 Å². The highest BCUT2D eigenvalue weighted by atomic mass is 35.5. The van der Waals surface area contributed by atoms with Crippen molar-refractivity contribution in [1.29, 1.82) is 0 Å². The molecule has 0 saturated carbocycles. The molecule has 1 unspecified atom stereocenters. The Bertz CT molecular complexity index is 1720. The van der Waals surface area contributed by atoms with Gasteiger partial charge in [-0.3, -0.25) is 14.5 Å². The fraction of sp³-hybridized carbons (Fsp3) is 0.172. The van der Waals surface area contributed by atoms with Crippen molar-refractivity contribution in [2.75, 3.05) is 26.2 Å². The summed E-state index contributed by atoms with van der Waals surface area (Å²) in [7, 11) is 4.37. The van der Waals surface area contributed by atoms with E-state index < -0.39 is 17.7 Å². The van der Waals surface area contributed by atoms with Crippen LogP contribution in [-0.4, -0.2) is 48.3 Å². The van der Waals surface area contributed by atoms with Crippen LogP contribution in [0.15, 0.2) is 64.5 Å². The summed E-state index contributed by atoms with van der Waals surface area (Å²) in [6, 6.07) is 13.6. The number of hydrogen-bond donors (Lipinski definition) is 1. The van der Waals surface area contributed by atoms with Crippen LogP contribution >= 0.6 is 57.9 Å². The maximum atomic E-state index is 13.6. The number of aromatic nitrogens is 2. The monoisotopic (exact) mass is 677 g/mol. The van der Waals surface area contributed by atoms with E-state index in [9.17, 15) is 14.7 Å². The number of aliphatic hydroxyl groups is 1. The van der Waals surface area contributed by atoms with Gasteiger partial charge >= 0.3 is 5.91 Å². The summed E-state index contributed by atoms with van der Waals surface area (Å²) >= 11 is 20.8. The second kappa shape index (κ2) is 13.0. The lowest BCUT2D eigenvalue weighted by Gasteiger charge is -2.24. The molecule has 222 valence electrons. The van der Waals surface area contributed by atoms with E-state index in [0.717, 1.165) is 16.9 Å². The average Bonchev–Trinajstić information content (AvgIpc) is 3.57. The maximum absolute atomic E-state index is 13.6. The average molecular weight is 679 g/mol. The molecule has 0 aliphatic carbocycles. The van der Waals surface area contributed by atoms with E-state index in [1.807, 2.05) is 6.07 Å². The number of ether oxygens (including phenoxy) is 3. The quantitative estimate of drug-likeness (QED) is 0.0635. The van der Waals surface area contributed by atoms with Crippen LogP contribution in [0, 0.1) is 0 Å². The molecule has 1 aliphatic heterocycles. The van der Waals surface area contributed by atoms with Gasteiger partial charge in [-0.2, -0.15) is 0 Å². The number of methoxy groups -OCH3 is 3. The third-order valence-electron chi connectivity index (χ3n) is 6.53. The molecular weight excluding hydrogens is 657 g/mol. The van der Waals surface area contributed by atoms with E-state index in [4.69, 9.17) is 49.0 Å². The van der Waals surface area contributed by atoms with Gasteiger partial charge in [-0.1, -0.05) is 64.0 Å². The molecule has 1 N–H and O–H groups in total. The summed E-state index contributed by atoms with van der Waals surface area (Å²) in [5, 5.41) is 21.5. The molecule has 1 aromatic heterocycles. The molecule has 2 heterocycles. The molecule has 0 spiro atoms. The van der Waals surface area contributed by atoms with Crippen LogP contribution in [0.2, 0.25) is 15.1 Å². The van der Waals surface area contributed by atoms with E-state index in [2.05, 4.69) is 10.2 Å². The first-order chi connectivity index (χ1) is 20.7. The van der Waals surface area contributed by atoms with Crippen LogP contribution in [-0.2, 0) is 15.3 Å². The molecule has 1 atom stereocenters. The Morgan fingerprint density at radius 3 is 2.19 bits per heavy atom. The van der Waals surface area contributed by atoms with Crippen molar-refractivity contribution in [2.45, 2.75) is 16.1 Å². The SMILES string of the molecule is COc1cc(C2/C(=C(/O)c3ccc(Cl)cc3)C(=O)C(=O)N2c2nnc(SCc3ccc(Cl)cc3Cl)s2)cc(OC)c1OC. The van der Waals surface area contributed by atoms with Crippen LogP contribution in [0.25, 0.3) is 5.76 Å². The number of rotatable bonds is 9. The van der Waals surface area contributed by atoms with E-state index in [0.29, 0.717) is 53.5 Å². The number of hydrogen-bond acceptors (Lipinski definition) is 10. The molecule has 1 aliphatic rings. The number of thioether (sulfide) groups is 1. The van der Waals surface area contributed by atoms with E-state index in [1.54, 1.807) is 48.5 Å². The van der Waals surface area contributed by atoms with Crippen molar-refractivity contribution < 1.29 is 28.9 Å². The van der Waals surface area contributed by atoms with Gasteiger partial charge in [-0.05, 0) is 59.7 Å². The highest BCUT2D eigenvalue weighted by Crippen LogP contribution is 2.48. The smallest absolute Gasteiger partial charge is 0.301 e. The number of halogens is 3. The van der Waals surface area contributed by atoms with Crippen molar-refractivity contribution in [2.24, 2.45) is 0 Å². The number of amides is 1.